The minimum Gasteiger partial charge on any atom is -0.512 e. The van der Waals surface area contributed by atoms with Crippen LogP contribution in [0.2, 0.25) is 0 Å². The molecular formula is C8H15NO2. The summed E-state index contributed by atoms with van der Waals surface area (Å²) in [7, 11) is 0. The molecule has 3 nitrogen and oxygen atoms in total. The van der Waals surface area contributed by atoms with E-state index in [1.165, 1.54) is 0 Å². The van der Waals surface area contributed by atoms with Gasteiger partial charge < -0.3 is 10.8 Å². The number of hydrogen-bond donors (Lipinski definition) is 2. The lowest BCUT2D eigenvalue weighted by Crippen LogP contribution is -2.15. The third-order valence-corrected chi connectivity index (χ3v) is 1.49. The number of aliphatic hydroxyl groups is 1. The highest BCUT2D eigenvalue weighted by Crippen LogP contribution is 2.10. The van der Waals surface area contributed by atoms with E-state index in [1.54, 1.807) is 6.92 Å². The lowest BCUT2D eigenvalue weighted by molar-refractivity contribution is -0.114. The zero-order valence-electron chi connectivity index (χ0n) is 7.05. The summed E-state index contributed by atoms with van der Waals surface area (Å²) in [4.78, 5) is 10.7. The standard InChI is InChI=1S/C8H15NO2/c1-3-5-7(10)6(4-2)8(9)11/h10H,3-5H2,1-2H3,(H2,9,11)/b7-6-. The Morgan fingerprint density at radius 3 is 2.27 bits per heavy atom. The van der Waals surface area contributed by atoms with Gasteiger partial charge in [-0.25, -0.2) is 0 Å². The molecule has 11 heavy (non-hydrogen) atoms. The molecule has 0 aromatic heterocycles. The van der Waals surface area contributed by atoms with Crippen LogP contribution in [0.4, 0.5) is 0 Å². The maximum Gasteiger partial charge on any atom is 0.247 e. The second-order valence-corrected chi connectivity index (χ2v) is 2.39. The fraction of sp³-hybridized carbons (Fsp3) is 0.625. The number of primary amides is 1. The monoisotopic (exact) mass is 157 g/mol. The number of nitrogens with two attached hydrogens (primary N) is 1. The molecule has 0 bridgehead atoms. The number of amides is 1. The van der Waals surface area contributed by atoms with E-state index in [0.29, 0.717) is 18.4 Å². The van der Waals surface area contributed by atoms with Crippen LogP contribution < -0.4 is 5.73 Å². The van der Waals surface area contributed by atoms with E-state index in [4.69, 9.17) is 5.73 Å². The molecule has 1 amide bonds. The molecule has 0 aliphatic rings. The van der Waals surface area contributed by atoms with Crippen molar-refractivity contribution in [2.45, 2.75) is 33.1 Å². The van der Waals surface area contributed by atoms with E-state index < -0.39 is 5.91 Å². The van der Waals surface area contributed by atoms with Gasteiger partial charge in [-0.3, -0.25) is 4.79 Å². The van der Waals surface area contributed by atoms with Crippen molar-refractivity contribution < 1.29 is 9.90 Å². The van der Waals surface area contributed by atoms with Crippen molar-refractivity contribution in [3.8, 4) is 0 Å². The lowest BCUT2D eigenvalue weighted by Gasteiger charge is -2.02. The highest BCUT2D eigenvalue weighted by molar-refractivity contribution is 5.92. The smallest absolute Gasteiger partial charge is 0.247 e. The number of rotatable bonds is 4. The molecule has 0 rings (SSSR count). The van der Waals surface area contributed by atoms with Gasteiger partial charge in [0.05, 0.1) is 5.57 Å². The second kappa shape index (κ2) is 4.77. The Morgan fingerprint density at radius 1 is 1.45 bits per heavy atom. The first-order chi connectivity index (χ1) is 5.13. The highest BCUT2D eigenvalue weighted by atomic mass is 16.3. The van der Waals surface area contributed by atoms with Gasteiger partial charge in [-0.15, -0.1) is 0 Å². The van der Waals surface area contributed by atoms with Crippen LogP contribution >= 0.6 is 0 Å². The van der Waals surface area contributed by atoms with Crippen molar-refractivity contribution in [2.75, 3.05) is 0 Å². The number of carbonyl (C=O) groups is 1. The summed E-state index contributed by atoms with van der Waals surface area (Å²) in [5.74, 6) is -0.374. The van der Waals surface area contributed by atoms with E-state index in [2.05, 4.69) is 0 Å². The molecule has 0 aliphatic heterocycles. The summed E-state index contributed by atoms with van der Waals surface area (Å²) in [6.07, 6.45) is 1.86. The van der Waals surface area contributed by atoms with E-state index in [-0.39, 0.29) is 5.76 Å². The Kier molecular flexibility index (Phi) is 4.34. The van der Waals surface area contributed by atoms with E-state index in [9.17, 15) is 9.90 Å². The van der Waals surface area contributed by atoms with Crippen molar-refractivity contribution in [2.24, 2.45) is 5.73 Å². The van der Waals surface area contributed by atoms with Crippen LogP contribution in [0.3, 0.4) is 0 Å². The molecule has 0 aliphatic carbocycles. The van der Waals surface area contributed by atoms with Gasteiger partial charge in [0.25, 0.3) is 0 Å². The number of aliphatic hydroxyl groups excluding tert-OH is 1. The lowest BCUT2D eigenvalue weighted by atomic mass is 10.1. The van der Waals surface area contributed by atoms with Gasteiger partial charge in [0.1, 0.15) is 5.76 Å². The fourth-order valence-corrected chi connectivity index (χ4v) is 0.908. The molecule has 0 spiro atoms. The van der Waals surface area contributed by atoms with Crippen LogP contribution in [0.5, 0.6) is 0 Å². The molecule has 3 heteroatoms. The number of allylic oxidation sites excluding steroid dienone is 1. The summed E-state index contributed by atoms with van der Waals surface area (Å²) in [6.45, 7) is 3.73. The summed E-state index contributed by atoms with van der Waals surface area (Å²) < 4.78 is 0. The van der Waals surface area contributed by atoms with E-state index in [0.717, 1.165) is 6.42 Å². The highest BCUT2D eigenvalue weighted by Gasteiger charge is 2.07. The molecule has 0 aromatic rings. The molecule has 64 valence electrons. The number of carbonyl (C=O) groups excluding carboxylic acids is 1. The summed E-state index contributed by atoms with van der Waals surface area (Å²) >= 11 is 0. The third-order valence-electron chi connectivity index (χ3n) is 1.49. The Labute approximate surface area is 66.9 Å². The molecular weight excluding hydrogens is 142 g/mol. The molecule has 0 saturated carbocycles. The fourth-order valence-electron chi connectivity index (χ4n) is 0.908. The minimum atomic E-state index is -0.515. The van der Waals surface area contributed by atoms with Gasteiger partial charge in [-0.05, 0) is 12.8 Å². The summed E-state index contributed by atoms with van der Waals surface area (Å²) in [5, 5.41) is 9.26. The van der Waals surface area contributed by atoms with Crippen LogP contribution in [0.1, 0.15) is 33.1 Å². The van der Waals surface area contributed by atoms with Crippen molar-refractivity contribution >= 4 is 5.91 Å². The Bertz CT molecular complexity index is 173. The predicted octanol–water partition coefficient (Wildman–Crippen LogP) is 1.49. The Morgan fingerprint density at radius 2 is 2.00 bits per heavy atom. The first-order valence-electron chi connectivity index (χ1n) is 3.84. The first kappa shape index (κ1) is 10.0. The van der Waals surface area contributed by atoms with Crippen LogP contribution in [0.15, 0.2) is 11.3 Å². The second-order valence-electron chi connectivity index (χ2n) is 2.39. The topological polar surface area (TPSA) is 63.3 Å². The van der Waals surface area contributed by atoms with Gasteiger partial charge in [-0.2, -0.15) is 0 Å². The molecule has 0 radical (unpaired) electrons. The van der Waals surface area contributed by atoms with Gasteiger partial charge >= 0.3 is 0 Å². The van der Waals surface area contributed by atoms with Crippen LogP contribution in [0, 0.1) is 0 Å². The van der Waals surface area contributed by atoms with Crippen molar-refractivity contribution in [3.63, 3.8) is 0 Å². The van der Waals surface area contributed by atoms with Gasteiger partial charge in [0.15, 0.2) is 0 Å². The summed E-state index contributed by atoms with van der Waals surface area (Å²) in [5.41, 5.74) is 5.38. The molecule has 0 atom stereocenters. The van der Waals surface area contributed by atoms with Crippen LogP contribution in [0.25, 0.3) is 0 Å². The van der Waals surface area contributed by atoms with Gasteiger partial charge in [0, 0.05) is 6.42 Å². The van der Waals surface area contributed by atoms with Crippen molar-refractivity contribution in [1.82, 2.24) is 0 Å². The molecule has 0 fully saturated rings. The maximum absolute atomic E-state index is 10.7. The average Bonchev–Trinajstić information content (AvgIpc) is 1.88. The van der Waals surface area contributed by atoms with Crippen LogP contribution in [-0.2, 0) is 4.79 Å². The SMILES string of the molecule is CCC/C(O)=C(\CC)C(N)=O. The largest absolute Gasteiger partial charge is 0.512 e. The first-order valence-corrected chi connectivity index (χ1v) is 3.84. The minimum absolute atomic E-state index is 0.141. The third kappa shape index (κ3) is 3.07. The molecule has 3 N–H and O–H groups in total. The quantitative estimate of drug-likeness (QED) is 0.479. The molecule has 0 unspecified atom stereocenters. The normalized spacial score (nSPS) is 12.5. The van der Waals surface area contributed by atoms with Crippen molar-refractivity contribution in [1.29, 1.82) is 0 Å². The predicted molar refractivity (Wildman–Crippen MR) is 44.0 cm³/mol. The van der Waals surface area contributed by atoms with Crippen molar-refractivity contribution in [3.05, 3.63) is 11.3 Å². The zero-order valence-corrected chi connectivity index (χ0v) is 7.05. The number of hydrogen-bond acceptors (Lipinski definition) is 2. The van der Waals surface area contributed by atoms with Gasteiger partial charge in [-0.1, -0.05) is 13.8 Å². The molecule has 0 aromatic carbocycles. The Hall–Kier alpha value is -0.990. The van der Waals surface area contributed by atoms with E-state index >= 15 is 0 Å². The van der Waals surface area contributed by atoms with Gasteiger partial charge in [0.2, 0.25) is 5.91 Å². The zero-order chi connectivity index (χ0) is 8.85. The molecule has 0 saturated heterocycles. The Balaban J connectivity index is 4.40. The summed E-state index contributed by atoms with van der Waals surface area (Å²) in [6, 6.07) is 0. The maximum atomic E-state index is 10.7. The van der Waals surface area contributed by atoms with Crippen LogP contribution in [-0.4, -0.2) is 11.0 Å². The van der Waals surface area contributed by atoms with E-state index in [1.807, 2.05) is 6.92 Å². The molecule has 0 heterocycles. The average molecular weight is 157 g/mol.